The number of benzene rings is 2. The molecule has 0 aliphatic carbocycles. The Hall–Kier alpha value is -2.89. The molecule has 2 aromatic rings. The highest BCUT2D eigenvalue weighted by atomic mass is 19.1. The minimum absolute atomic E-state index is 0.0737. The molecule has 0 unspecified atom stereocenters. The van der Waals surface area contributed by atoms with Gasteiger partial charge >= 0.3 is 5.97 Å². The Kier molecular flexibility index (Phi) is 5.97. The first-order valence-electron chi connectivity index (χ1n) is 8.20. The monoisotopic (exact) mass is 359 g/mol. The van der Waals surface area contributed by atoms with Gasteiger partial charge < -0.3 is 15.2 Å². The van der Waals surface area contributed by atoms with Gasteiger partial charge in [0.25, 0.3) is 5.91 Å². The van der Waals surface area contributed by atoms with Crippen molar-refractivity contribution in [2.45, 2.75) is 20.3 Å². The molecule has 0 heterocycles. The van der Waals surface area contributed by atoms with E-state index in [0.29, 0.717) is 11.3 Å². The fourth-order valence-electron chi connectivity index (χ4n) is 2.35. The number of ether oxygens (including phenoxy) is 1. The average molecular weight is 359 g/mol. The van der Waals surface area contributed by atoms with Gasteiger partial charge in [-0.25, -0.2) is 4.39 Å². The SMILES string of the molecule is COc1ccc(-c2ccc(C(=O)NCCC(C)(C)C(=O)O)c(F)c2)cc1. The van der Waals surface area contributed by atoms with Crippen molar-refractivity contribution in [2.24, 2.45) is 5.41 Å². The summed E-state index contributed by atoms with van der Waals surface area (Å²) in [5.41, 5.74) is 0.424. The lowest BCUT2D eigenvalue weighted by atomic mass is 9.89. The first-order chi connectivity index (χ1) is 12.2. The summed E-state index contributed by atoms with van der Waals surface area (Å²) in [6.45, 7) is 3.30. The molecule has 0 aromatic heterocycles. The number of nitrogens with one attached hydrogen (secondary N) is 1. The van der Waals surface area contributed by atoms with Gasteiger partial charge in [0.1, 0.15) is 11.6 Å². The van der Waals surface area contributed by atoms with Crippen molar-refractivity contribution in [3.05, 3.63) is 53.8 Å². The molecule has 0 bridgehead atoms. The van der Waals surface area contributed by atoms with Gasteiger partial charge in [0, 0.05) is 6.54 Å². The Morgan fingerprint density at radius 3 is 2.27 bits per heavy atom. The molecule has 2 rings (SSSR count). The number of amides is 1. The number of hydrogen-bond acceptors (Lipinski definition) is 3. The predicted octanol–water partition coefficient (Wildman–Crippen LogP) is 3.73. The van der Waals surface area contributed by atoms with Crippen LogP contribution in [0.4, 0.5) is 4.39 Å². The second-order valence-corrected chi connectivity index (χ2v) is 6.62. The molecular formula is C20H22FNO4. The minimum Gasteiger partial charge on any atom is -0.497 e. The molecular weight excluding hydrogens is 337 g/mol. The number of carbonyl (C=O) groups is 2. The first kappa shape index (κ1) is 19.4. The van der Waals surface area contributed by atoms with Gasteiger partial charge in [0.2, 0.25) is 0 Å². The van der Waals surface area contributed by atoms with Crippen molar-refractivity contribution >= 4 is 11.9 Å². The third-order valence-electron chi connectivity index (χ3n) is 4.25. The molecule has 0 radical (unpaired) electrons. The predicted molar refractivity (Wildman–Crippen MR) is 96.8 cm³/mol. The van der Waals surface area contributed by atoms with Gasteiger partial charge in [-0.05, 0) is 55.7 Å². The summed E-state index contributed by atoms with van der Waals surface area (Å²) in [5.74, 6) is -1.44. The minimum atomic E-state index is -0.954. The zero-order valence-electron chi connectivity index (χ0n) is 15.0. The number of methoxy groups -OCH3 is 1. The van der Waals surface area contributed by atoms with E-state index in [0.717, 1.165) is 5.56 Å². The number of hydrogen-bond donors (Lipinski definition) is 2. The fourth-order valence-corrected chi connectivity index (χ4v) is 2.35. The normalized spacial score (nSPS) is 11.1. The van der Waals surface area contributed by atoms with Gasteiger partial charge in [-0.15, -0.1) is 0 Å². The molecule has 5 nitrogen and oxygen atoms in total. The Balaban J connectivity index is 2.06. The van der Waals surface area contributed by atoms with E-state index in [-0.39, 0.29) is 18.5 Å². The molecule has 1 amide bonds. The number of aliphatic carboxylic acids is 1. The van der Waals surface area contributed by atoms with Crippen LogP contribution >= 0.6 is 0 Å². The average Bonchev–Trinajstić information content (AvgIpc) is 2.61. The standard InChI is InChI=1S/C20H22FNO4/c1-20(2,19(24)25)10-11-22-18(23)16-9-6-14(12-17(16)21)13-4-7-15(26-3)8-5-13/h4-9,12H,10-11H2,1-3H3,(H,22,23)(H,24,25). The molecule has 0 atom stereocenters. The summed E-state index contributed by atoms with van der Waals surface area (Å²) in [4.78, 5) is 23.2. The van der Waals surface area contributed by atoms with Gasteiger partial charge in [0.05, 0.1) is 18.1 Å². The van der Waals surface area contributed by atoms with Crippen LogP contribution in [0.1, 0.15) is 30.6 Å². The molecule has 0 saturated carbocycles. The van der Waals surface area contributed by atoms with Crippen molar-refractivity contribution < 1.29 is 23.8 Å². The smallest absolute Gasteiger partial charge is 0.309 e. The summed E-state index contributed by atoms with van der Waals surface area (Å²) < 4.78 is 19.4. The molecule has 138 valence electrons. The molecule has 0 saturated heterocycles. The summed E-state index contributed by atoms with van der Waals surface area (Å²) >= 11 is 0. The van der Waals surface area contributed by atoms with Crippen LogP contribution in [0.15, 0.2) is 42.5 Å². The van der Waals surface area contributed by atoms with E-state index in [9.17, 15) is 14.0 Å². The molecule has 2 aromatic carbocycles. The number of carboxylic acids is 1. The van der Waals surface area contributed by atoms with E-state index in [1.807, 2.05) is 0 Å². The lowest BCUT2D eigenvalue weighted by Crippen LogP contribution is -2.32. The van der Waals surface area contributed by atoms with Crippen LogP contribution in [-0.4, -0.2) is 30.6 Å². The van der Waals surface area contributed by atoms with Crippen molar-refractivity contribution in [2.75, 3.05) is 13.7 Å². The van der Waals surface area contributed by atoms with Crippen molar-refractivity contribution in [3.8, 4) is 16.9 Å². The molecule has 0 aliphatic heterocycles. The van der Waals surface area contributed by atoms with Gasteiger partial charge in [-0.1, -0.05) is 18.2 Å². The summed E-state index contributed by atoms with van der Waals surface area (Å²) in [6, 6.07) is 11.6. The Bertz CT molecular complexity index is 800. The lowest BCUT2D eigenvalue weighted by molar-refractivity contribution is -0.147. The maximum absolute atomic E-state index is 14.3. The quantitative estimate of drug-likeness (QED) is 0.790. The third-order valence-corrected chi connectivity index (χ3v) is 4.25. The highest BCUT2D eigenvalue weighted by Crippen LogP contribution is 2.24. The fraction of sp³-hybridized carbons (Fsp3) is 0.300. The second-order valence-electron chi connectivity index (χ2n) is 6.62. The third kappa shape index (κ3) is 4.59. The van der Waals surface area contributed by atoms with E-state index in [4.69, 9.17) is 9.84 Å². The van der Waals surface area contributed by atoms with Crippen molar-refractivity contribution in [3.63, 3.8) is 0 Å². The number of halogens is 1. The van der Waals surface area contributed by atoms with Crippen molar-refractivity contribution in [1.82, 2.24) is 5.32 Å². The highest BCUT2D eigenvalue weighted by Gasteiger charge is 2.26. The summed E-state index contributed by atoms with van der Waals surface area (Å²) in [7, 11) is 1.57. The van der Waals surface area contributed by atoms with Crippen LogP contribution in [0.25, 0.3) is 11.1 Å². The van der Waals surface area contributed by atoms with Crippen LogP contribution in [-0.2, 0) is 4.79 Å². The molecule has 26 heavy (non-hydrogen) atoms. The maximum Gasteiger partial charge on any atom is 0.309 e. The molecule has 0 fully saturated rings. The van der Waals surface area contributed by atoms with Crippen LogP contribution in [0.3, 0.4) is 0 Å². The maximum atomic E-state index is 14.3. The summed E-state index contributed by atoms with van der Waals surface area (Å²) in [5, 5.41) is 11.6. The molecule has 2 N–H and O–H groups in total. The van der Waals surface area contributed by atoms with Crippen LogP contribution in [0.2, 0.25) is 0 Å². The zero-order chi connectivity index (χ0) is 19.3. The Morgan fingerprint density at radius 2 is 1.73 bits per heavy atom. The van der Waals surface area contributed by atoms with Gasteiger partial charge in [0.15, 0.2) is 0 Å². The summed E-state index contributed by atoms with van der Waals surface area (Å²) in [6.07, 6.45) is 0.250. The Labute approximate surface area is 151 Å². The Morgan fingerprint density at radius 1 is 1.12 bits per heavy atom. The van der Waals surface area contributed by atoms with Crippen LogP contribution in [0, 0.1) is 11.2 Å². The number of carboxylic acid groups (broad SMARTS) is 1. The topological polar surface area (TPSA) is 75.6 Å². The number of carbonyl (C=O) groups excluding carboxylic acids is 1. The molecule has 0 spiro atoms. The van der Waals surface area contributed by atoms with Crippen LogP contribution < -0.4 is 10.1 Å². The first-order valence-corrected chi connectivity index (χ1v) is 8.20. The van der Waals surface area contributed by atoms with Gasteiger partial charge in [-0.2, -0.15) is 0 Å². The van der Waals surface area contributed by atoms with Gasteiger partial charge in [-0.3, -0.25) is 9.59 Å². The number of rotatable bonds is 7. The van der Waals surface area contributed by atoms with E-state index in [2.05, 4.69) is 5.32 Å². The van der Waals surface area contributed by atoms with E-state index in [1.54, 1.807) is 51.3 Å². The van der Waals surface area contributed by atoms with E-state index < -0.39 is 23.1 Å². The molecule has 6 heteroatoms. The lowest BCUT2D eigenvalue weighted by Gasteiger charge is -2.19. The molecule has 0 aliphatic rings. The largest absolute Gasteiger partial charge is 0.497 e. The van der Waals surface area contributed by atoms with Crippen molar-refractivity contribution in [1.29, 1.82) is 0 Å². The highest BCUT2D eigenvalue weighted by molar-refractivity contribution is 5.95. The van der Waals surface area contributed by atoms with E-state index in [1.165, 1.54) is 12.1 Å². The van der Waals surface area contributed by atoms with E-state index >= 15 is 0 Å². The zero-order valence-corrected chi connectivity index (χ0v) is 15.0. The van der Waals surface area contributed by atoms with Crippen LogP contribution in [0.5, 0.6) is 5.75 Å². The second kappa shape index (κ2) is 7.99.